The zero-order valence-electron chi connectivity index (χ0n) is 12.5. The van der Waals surface area contributed by atoms with Gasteiger partial charge in [-0.1, -0.05) is 17.3 Å². The molecule has 114 valence electrons. The molecule has 6 heteroatoms. The zero-order valence-corrected chi connectivity index (χ0v) is 14.9. The topological polar surface area (TPSA) is 51.0 Å². The molecule has 2 rings (SSSR count). The Hall–Kier alpha value is -0.850. The first kappa shape index (κ1) is 16.5. The molecule has 1 aromatic heterocycles. The van der Waals surface area contributed by atoms with E-state index in [0.717, 1.165) is 23.3 Å². The quantitative estimate of drug-likeness (QED) is 0.778. The number of hydrogen-bond donors (Lipinski definition) is 1. The monoisotopic (exact) mass is 369 g/mol. The zero-order chi connectivity index (χ0) is 15.3. The standard InChI is InChI=1S/C15H20BrN3OS/c1-15(2,3)17-9-8-14-18-13(19-20-14)10-21-12-7-5-4-6-11(12)16/h4-7,17H,8-10H2,1-3H3. The van der Waals surface area contributed by atoms with Crippen LogP contribution in [0.4, 0.5) is 0 Å². The summed E-state index contributed by atoms with van der Waals surface area (Å²) < 4.78 is 6.36. The Labute approximate surface area is 138 Å². The lowest BCUT2D eigenvalue weighted by molar-refractivity contribution is 0.359. The van der Waals surface area contributed by atoms with Crippen molar-refractivity contribution < 1.29 is 4.52 Å². The molecule has 0 saturated heterocycles. The van der Waals surface area contributed by atoms with E-state index in [2.05, 4.69) is 58.2 Å². The Balaban J connectivity index is 1.82. The van der Waals surface area contributed by atoms with Crippen molar-refractivity contribution in [3.8, 4) is 0 Å². The van der Waals surface area contributed by atoms with Crippen molar-refractivity contribution in [2.75, 3.05) is 6.54 Å². The predicted octanol–water partition coefficient (Wildman–Crippen LogP) is 4.06. The van der Waals surface area contributed by atoms with Gasteiger partial charge in [0.1, 0.15) is 0 Å². The van der Waals surface area contributed by atoms with Crippen LogP contribution in [0.2, 0.25) is 0 Å². The van der Waals surface area contributed by atoms with Gasteiger partial charge in [-0.15, -0.1) is 11.8 Å². The van der Waals surface area contributed by atoms with Crippen LogP contribution < -0.4 is 5.32 Å². The summed E-state index contributed by atoms with van der Waals surface area (Å²) >= 11 is 5.23. The first-order chi connectivity index (χ1) is 9.94. The van der Waals surface area contributed by atoms with Crippen molar-refractivity contribution in [3.05, 3.63) is 40.5 Å². The number of hydrogen-bond acceptors (Lipinski definition) is 5. The molecule has 4 nitrogen and oxygen atoms in total. The van der Waals surface area contributed by atoms with Crippen LogP contribution >= 0.6 is 27.7 Å². The highest BCUT2D eigenvalue weighted by Crippen LogP contribution is 2.28. The molecule has 0 fully saturated rings. The third-order valence-corrected chi connectivity index (χ3v) is 4.72. The number of thioether (sulfide) groups is 1. The minimum Gasteiger partial charge on any atom is -0.339 e. The molecular weight excluding hydrogens is 350 g/mol. The van der Waals surface area contributed by atoms with Gasteiger partial charge in [0, 0.05) is 27.9 Å². The van der Waals surface area contributed by atoms with Gasteiger partial charge in [0.25, 0.3) is 0 Å². The fourth-order valence-electron chi connectivity index (χ4n) is 1.70. The number of nitrogens with one attached hydrogen (secondary N) is 1. The number of benzene rings is 1. The van der Waals surface area contributed by atoms with Crippen molar-refractivity contribution >= 4 is 27.7 Å². The molecule has 1 heterocycles. The van der Waals surface area contributed by atoms with Gasteiger partial charge in [0.15, 0.2) is 5.82 Å². The lowest BCUT2D eigenvalue weighted by Crippen LogP contribution is -2.37. The van der Waals surface area contributed by atoms with Crippen molar-refractivity contribution in [3.63, 3.8) is 0 Å². The minimum atomic E-state index is 0.109. The van der Waals surface area contributed by atoms with E-state index in [1.54, 1.807) is 11.8 Å². The number of nitrogens with zero attached hydrogens (tertiary/aromatic N) is 2. The van der Waals surface area contributed by atoms with E-state index in [9.17, 15) is 0 Å². The van der Waals surface area contributed by atoms with Gasteiger partial charge < -0.3 is 9.84 Å². The molecule has 0 amide bonds. The predicted molar refractivity (Wildman–Crippen MR) is 89.5 cm³/mol. The van der Waals surface area contributed by atoms with Crippen LogP contribution in [-0.2, 0) is 12.2 Å². The third kappa shape index (κ3) is 5.80. The molecule has 0 radical (unpaired) electrons. The van der Waals surface area contributed by atoms with Crippen LogP contribution in [0.1, 0.15) is 32.5 Å². The van der Waals surface area contributed by atoms with E-state index in [1.165, 1.54) is 4.90 Å². The van der Waals surface area contributed by atoms with Crippen LogP contribution in [0, 0.1) is 0 Å². The normalized spacial score (nSPS) is 11.8. The van der Waals surface area contributed by atoms with Gasteiger partial charge in [-0.05, 0) is 48.8 Å². The molecule has 0 bridgehead atoms. The van der Waals surface area contributed by atoms with Crippen molar-refractivity contribution in [1.82, 2.24) is 15.5 Å². The maximum Gasteiger partial charge on any atom is 0.227 e. The highest BCUT2D eigenvalue weighted by Gasteiger charge is 2.11. The molecular formula is C15H20BrN3OS. The molecule has 0 atom stereocenters. The Kier molecular flexibility index (Phi) is 5.84. The van der Waals surface area contributed by atoms with E-state index in [0.29, 0.717) is 11.6 Å². The highest BCUT2D eigenvalue weighted by molar-refractivity contribution is 9.10. The smallest absolute Gasteiger partial charge is 0.227 e. The summed E-state index contributed by atoms with van der Waals surface area (Å²) in [4.78, 5) is 5.60. The number of aromatic nitrogens is 2. The first-order valence-corrected chi connectivity index (χ1v) is 8.66. The summed E-state index contributed by atoms with van der Waals surface area (Å²) in [6, 6.07) is 8.13. The Morgan fingerprint density at radius 3 is 2.76 bits per heavy atom. The largest absolute Gasteiger partial charge is 0.339 e. The number of halogens is 1. The van der Waals surface area contributed by atoms with Gasteiger partial charge in [-0.3, -0.25) is 0 Å². The fraction of sp³-hybridized carbons (Fsp3) is 0.467. The molecule has 0 aliphatic rings. The fourth-order valence-corrected chi connectivity index (χ4v) is 3.11. The molecule has 0 unspecified atom stereocenters. The molecule has 21 heavy (non-hydrogen) atoms. The first-order valence-electron chi connectivity index (χ1n) is 6.88. The molecule has 0 saturated carbocycles. The summed E-state index contributed by atoms with van der Waals surface area (Å²) in [5.41, 5.74) is 0.109. The highest BCUT2D eigenvalue weighted by atomic mass is 79.9. The van der Waals surface area contributed by atoms with Crippen molar-refractivity contribution in [2.24, 2.45) is 0 Å². The summed E-state index contributed by atoms with van der Waals surface area (Å²) in [5, 5.41) is 7.43. The third-order valence-electron chi connectivity index (χ3n) is 2.70. The Morgan fingerprint density at radius 2 is 2.05 bits per heavy atom. The Morgan fingerprint density at radius 1 is 1.29 bits per heavy atom. The summed E-state index contributed by atoms with van der Waals surface area (Å²) in [5.74, 6) is 2.13. The molecule has 0 aliphatic carbocycles. The molecule has 0 aliphatic heterocycles. The summed E-state index contributed by atoms with van der Waals surface area (Å²) in [6.45, 7) is 7.25. The minimum absolute atomic E-state index is 0.109. The van der Waals surface area contributed by atoms with E-state index in [-0.39, 0.29) is 5.54 Å². The molecule has 1 N–H and O–H groups in total. The van der Waals surface area contributed by atoms with Gasteiger partial charge in [0.2, 0.25) is 5.89 Å². The van der Waals surface area contributed by atoms with Crippen molar-refractivity contribution in [2.45, 2.75) is 43.4 Å². The van der Waals surface area contributed by atoms with Crippen molar-refractivity contribution in [1.29, 1.82) is 0 Å². The molecule has 2 aromatic rings. The average Bonchev–Trinajstić information content (AvgIpc) is 2.84. The van der Waals surface area contributed by atoms with Crippen LogP contribution in [0.5, 0.6) is 0 Å². The molecule has 1 aromatic carbocycles. The van der Waals surface area contributed by atoms with Crippen LogP contribution in [0.3, 0.4) is 0 Å². The SMILES string of the molecule is CC(C)(C)NCCc1nc(CSc2ccccc2Br)no1. The second-order valence-corrected chi connectivity index (χ2v) is 7.62. The second-order valence-electron chi connectivity index (χ2n) is 5.75. The Bertz CT molecular complexity index is 580. The van der Waals surface area contributed by atoms with E-state index < -0.39 is 0 Å². The lowest BCUT2D eigenvalue weighted by atomic mass is 10.1. The van der Waals surface area contributed by atoms with E-state index >= 15 is 0 Å². The van der Waals surface area contributed by atoms with Crippen LogP contribution in [-0.4, -0.2) is 22.2 Å². The van der Waals surface area contributed by atoms with E-state index in [1.807, 2.05) is 18.2 Å². The summed E-state index contributed by atoms with van der Waals surface area (Å²) in [7, 11) is 0. The second kappa shape index (κ2) is 7.42. The summed E-state index contributed by atoms with van der Waals surface area (Å²) in [6.07, 6.45) is 0.754. The lowest BCUT2D eigenvalue weighted by Gasteiger charge is -2.19. The van der Waals surface area contributed by atoms with Crippen LogP contribution in [0.15, 0.2) is 38.2 Å². The van der Waals surface area contributed by atoms with Gasteiger partial charge in [0.05, 0.1) is 5.75 Å². The van der Waals surface area contributed by atoms with Gasteiger partial charge in [-0.25, -0.2) is 0 Å². The van der Waals surface area contributed by atoms with E-state index in [4.69, 9.17) is 4.52 Å². The maximum absolute atomic E-state index is 5.27. The average molecular weight is 370 g/mol. The van der Waals surface area contributed by atoms with Gasteiger partial charge >= 0.3 is 0 Å². The van der Waals surface area contributed by atoms with Crippen LogP contribution in [0.25, 0.3) is 0 Å². The number of rotatable bonds is 6. The maximum atomic E-state index is 5.27. The molecule has 0 spiro atoms. The van der Waals surface area contributed by atoms with Gasteiger partial charge in [-0.2, -0.15) is 4.98 Å².